The third kappa shape index (κ3) is 8.20. The van der Waals surface area contributed by atoms with Gasteiger partial charge in [0.15, 0.2) is 5.78 Å². The molecule has 0 saturated carbocycles. The molecule has 50 heavy (non-hydrogen) atoms. The maximum absolute atomic E-state index is 11.7. The van der Waals surface area contributed by atoms with Crippen LogP contribution in [0.1, 0.15) is 104 Å². The number of hydrogen-bond acceptors (Lipinski definition) is 3. The molecule has 0 atom stereocenters. The summed E-state index contributed by atoms with van der Waals surface area (Å²) in [5.41, 5.74) is 4.70. The van der Waals surface area contributed by atoms with E-state index in [0.29, 0.717) is 11.8 Å². The van der Waals surface area contributed by atoms with Gasteiger partial charge in [-0.3, -0.25) is 4.79 Å². The van der Waals surface area contributed by atoms with E-state index in [4.69, 9.17) is 4.98 Å². The molecule has 1 heterocycles. The maximum Gasteiger partial charge on any atom is 0.162 e. The van der Waals surface area contributed by atoms with E-state index in [0.717, 1.165) is 36.9 Å². The molecule has 6 rings (SSSR count). The molecule has 0 aliphatic carbocycles. The predicted octanol–water partition coefficient (Wildman–Crippen LogP) is 13.3. The fraction of sp³-hybridized carbons (Fsp3) is 0.348. The van der Waals surface area contributed by atoms with Crippen molar-refractivity contribution in [2.24, 2.45) is 11.8 Å². The summed E-state index contributed by atoms with van der Waals surface area (Å²) in [7, 11) is 0. The standard InChI is InChI=1S/C33H28N.C13H24O2.Ir/c1-20(2)23-17-24(21(3)4)19-25(18-23)33-32-14-13-29-28-10-9-22-7-5-6-8-26(22)27(28)11-12-30(29)31(32)15-16-34-33;1-5-10(6-2)12(14)9-13(15)11(7-3)8-4;/h5-18,20-21H,1-4H3;9-11,14H,5-8H2,1-4H3;/q-1;;/b;12-9-;. The molecular weight excluding hydrogens is 791 g/mol. The Morgan fingerprint density at radius 2 is 1.22 bits per heavy atom. The smallest absolute Gasteiger partial charge is 0.162 e. The van der Waals surface area contributed by atoms with Gasteiger partial charge in [0, 0.05) is 44.2 Å². The number of aliphatic hydroxyl groups is 1. The monoisotopic (exact) mass is 843 g/mol. The van der Waals surface area contributed by atoms with Gasteiger partial charge in [0.1, 0.15) is 0 Å². The van der Waals surface area contributed by atoms with Gasteiger partial charge in [0.2, 0.25) is 0 Å². The zero-order valence-electron chi connectivity index (χ0n) is 30.9. The zero-order chi connectivity index (χ0) is 35.2. The van der Waals surface area contributed by atoms with E-state index in [1.807, 2.05) is 33.9 Å². The van der Waals surface area contributed by atoms with Gasteiger partial charge in [-0.2, -0.15) is 0 Å². The second kappa shape index (κ2) is 17.4. The predicted molar refractivity (Wildman–Crippen MR) is 211 cm³/mol. The van der Waals surface area contributed by atoms with E-state index in [1.54, 1.807) is 0 Å². The van der Waals surface area contributed by atoms with E-state index < -0.39 is 0 Å². The van der Waals surface area contributed by atoms with Gasteiger partial charge in [0.05, 0.1) is 5.76 Å². The zero-order valence-corrected chi connectivity index (χ0v) is 33.3. The van der Waals surface area contributed by atoms with E-state index in [9.17, 15) is 9.90 Å². The van der Waals surface area contributed by atoms with Crippen LogP contribution in [0.25, 0.3) is 54.3 Å². The number of aliphatic hydroxyl groups excluding tert-OH is 1. The van der Waals surface area contributed by atoms with Crippen molar-refractivity contribution in [1.29, 1.82) is 0 Å². The molecule has 0 spiro atoms. The van der Waals surface area contributed by atoms with Crippen LogP contribution in [0.2, 0.25) is 0 Å². The Labute approximate surface area is 312 Å². The minimum absolute atomic E-state index is 0. The number of rotatable bonds is 10. The van der Waals surface area contributed by atoms with Gasteiger partial charge in [-0.15, -0.1) is 34.9 Å². The molecule has 5 aromatic carbocycles. The van der Waals surface area contributed by atoms with Crippen molar-refractivity contribution in [3.8, 4) is 11.3 Å². The number of allylic oxidation sites excluding steroid dienone is 2. The average molecular weight is 843 g/mol. The molecule has 1 N–H and O–H groups in total. The number of hydrogen-bond donors (Lipinski definition) is 1. The molecule has 0 bridgehead atoms. The topological polar surface area (TPSA) is 50.2 Å². The molecule has 1 aromatic heterocycles. The number of fused-ring (bicyclic) bond motifs is 7. The molecule has 1 radical (unpaired) electrons. The van der Waals surface area contributed by atoms with E-state index >= 15 is 0 Å². The minimum atomic E-state index is 0. The third-order valence-corrected chi connectivity index (χ3v) is 10.2. The first-order valence-electron chi connectivity index (χ1n) is 18.2. The van der Waals surface area contributed by atoms with Crippen molar-refractivity contribution in [1.82, 2.24) is 4.98 Å². The van der Waals surface area contributed by atoms with Crippen LogP contribution in [-0.2, 0) is 24.9 Å². The van der Waals surface area contributed by atoms with Crippen molar-refractivity contribution in [3.63, 3.8) is 0 Å². The molecule has 0 fully saturated rings. The van der Waals surface area contributed by atoms with Gasteiger partial charge in [0.25, 0.3) is 0 Å². The Morgan fingerprint density at radius 1 is 0.680 bits per heavy atom. The van der Waals surface area contributed by atoms with Crippen molar-refractivity contribution in [2.45, 2.75) is 92.9 Å². The molecule has 263 valence electrons. The molecule has 4 heteroatoms. The second-order valence-corrected chi connectivity index (χ2v) is 14.0. The summed E-state index contributed by atoms with van der Waals surface area (Å²) in [6, 6.07) is 32.6. The van der Waals surface area contributed by atoms with Crippen LogP contribution in [0.5, 0.6) is 0 Å². The minimum Gasteiger partial charge on any atom is -0.512 e. The Hall–Kier alpha value is -3.85. The number of carbonyl (C=O) groups excluding carboxylic acids is 1. The molecule has 0 unspecified atom stereocenters. The number of benzene rings is 5. The van der Waals surface area contributed by atoms with Crippen LogP contribution >= 0.6 is 0 Å². The summed E-state index contributed by atoms with van der Waals surface area (Å²) in [5.74, 6) is 1.43. The number of nitrogens with zero attached hydrogens (tertiary/aromatic N) is 1. The first kappa shape index (κ1) is 38.9. The number of carbonyl (C=O) groups is 1. The van der Waals surface area contributed by atoms with Gasteiger partial charge in [-0.25, -0.2) is 0 Å². The maximum atomic E-state index is 11.7. The first-order chi connectivity index (χ1) is 23.6. The quantitative estimate of drug-likeness (QED) is 0.0647. The summed E-state index contributed by atoms with van der Waals surface area (Å²) in [6.07, 6.45) is 6.86. The normalized spacial score (nSPS) is 12.0. The molecule has 0 saturated heterocycles. The van der Waals surface area contributed by atoms with Crippen molar-refractivity contribution < 1.29 is 30.0 Å². The van der Waals surface area contributed by atoms with E-state index in [-0.39, 0.29) is 43.5 Å². The Balaban J connectivity index is 0.000000301. The van der Waals surface area contributed by atoms with Crippen LogP contribution in [0.4, 0.5) is 0 Å². The van der Waals surface area contributed by atoms with E-state index in [2.05, 4.69) is 113 Å². The molecule has 0 aliphatic rings. The first-order valence-corrected chi connectivity index (χ1v) is 18.2. The van der Waals surface area contributed by atoms with Crippen molar-refractivity contribution in [3.05, 3.63) is 114 Å². The van der Waals surface area contributed by atoms with Crippen LogP contribution in [0.15, 0.2) is 96.9 Å². The van der Waals surface area contributed by atoms with Crippen LogP contribution in [0, 0.1) is 17.9 Å². The third-order valence-electron chi connectivity index (χ3n) is 10.2. The summed E-state index contributed by atoms with van der Waals surface area (Å²) in [6.45, 7) is 17.0. The molecule has 3 nitrogen and oxygen atoms in total. The Morgan fingerprint density at radius 3 is 1.80 bits per heavy atom. The fourth-order valence-electron chi connectivity index (χ4n) is 6.95. The number of aromatic nitrogens is 1. The average Bonchev–Trinajstić information content (AvgIpc) is 3.11. The summed E-state index contributed by atoms with van der Waals surface area (Å²) < 4.78 is 0. The summed E-state index contributed by atoms with van der Waals surface area (Å²) >= 11 is 0. The van der Waals surface area contributed by atoms with Crippen molar-refractivity contribution >= 4 is 48.9 Å². The van der Waals surface area contributed by atoms with Gasteiger partial charge in [-0.1, -0.05) is 116 Å². The summed E-state index contributed by atoms with van der Waals surface area (Å²) in [5, 5.41) is 19.9. The van der Waals surface area contributed by atoms with Gasteiger partial charge >= 0.3 is 0 Å². The largest absolute Gasteiger partial charge is 0.512 e. The van der Waals surface area contributed by atoms with Crippen molar-refractivity contribution in [2.75, 3.05) is 0 Å². The number of pyridine rings is 1. The van der Waals surface area contributed by atoms with Gasteiger partial charge < -0.3 is 10.1 Å². The SMILES string of the molecule is CC(C)c1[c-]c(-c2nccc3c2ccc2c3ccc3c4ccccc4ccc32)cc(C(C)C)c1.CCC(CC)C(=O)/C=C(\O)C(CC)CC.[Ir]. The molecule has 6 aromatic rings. The van der Waals surface area contributed by atoms with Crippen LogP contribution < -0.4 is 0 Å². The van der Waals surface area contributed by atoms with Crippen LogP contribution in [-0.4, -0.2) is 15.9 Å². The molecule has 0 aliphatic heterocycles. The Kier molecular flexibility index (Phi) is 13.5. The number of ketones is 1. The van der Waals surface area contributed by atoms with Crippen LogP contribution in [0.3, 0.4) is 0 Å². The summed E-state index contributed by atoms with van der Waals surface area (Å²) in [4.78, 5) is 16.6. The van der Waals surface area contributed by atoms with E-state index in [1.165, 1.54) is 60.3 Å². The fourth-order valence-corrected chi connectivity index (χ4v) is 6.95. The molecule has 0 amide bonds. The Bertz CT molecular complexity index is 2090. The molecular formula is C46H52IrNO2-. The second-order valence-electron chi connectivity index (χ2n) is 14.0. The van der Waals surface area contributed by atoms with Gasteiger partial charge in [-0.05, 0) is 92.4 Å².